The van der Waals surface area contributed by atoms with E-state index in [1.807, 2.05) is 38.1 Å². The summed E-state index contributed by atoms with van der Waals surface area (Å²) in [6.45, 7) is 4.62. The molecular weight excluding hydrogens is 230 g/mol. The van der Waals surface area contributed by atoms with Crippen molar-refractivity contribution < 1.29 is 9.90 Å². The van der Waals surface area contributed by atoms with Crippen LogP contribution in [-0.2, 0) is 6.54 Å². The van der Waals surface area contributed by atoms with Gasteiger partial charge in [-0.05, 0) is 18.9 Å². The Morgan fingerprint density at radius 1 is 1.39 bits per heavy atom. The summed E-state index contributed by atoms with van der Waals surface area (Å²) in [6, 6.07) is 7.65. The molecule has 0 bridgehead atoms. The fourth-order valence-electron chi connectivity index (χ4n) is 1.93. The van der Waals surface area contributed by atoms with Crippen LogP contribution in [0.2, 0.25) is 0 Å². The van der Waals surface area contributed by atoms with Crippen molar-refractivity contribution in [3.63, 3.8) is 0 Å². The van der Waals surface area contributed by atoms with E-state index in [1.165, 1.54) is 0 Å². The van der Waals surface area contributed by atoms with Crippen LogP contribution in [0, 0.1) is 6.92 Å². The van der Waals surface area contributed by atoms with Crippen molar-refractivity contribution in [2.24, 2.45) is 0 Å². The monoisotopic (exact) mass is 245 g/mol. The molecule has 0 saturated heterocycles. The molecule has 0 aliphatic heterocycles. The summed E-state index contributed by atoms with van der Waals surface area (Å²) in [4.78, 5) is 11.2. The lowest BCUT2D eigenvalue weighted by atomic mass is 10.0. The third kappa shape index (κ3) is 2.11. The van der Waals surface area contributed by atoms with Gasteiger partial charge in [-0.2, -0.15) is 0 Å². The smallest absolute Gasteiger partial charge is 0.358 e. The van der Waals surface area contributed by atoms with Gasteiger partial charge in [0.05, 0.1) is 0 Å². The minimum absolute atomic E-state index is 0.0118. The molecule has 0 unspecified atom stereocenters. The first-order chi connectivity index (χ1) is 8.65. The first-order valence-corrected chi connectivity index (χ1v) is 5.88. The molecule has 0 aliphatic carbocycles. The molecule has 0 saturated carbocycles. The molecule has 5 nitrogen and oxygen atoms in total. The third-order valence-corrected chi connectivity index (χ3v) is 2.77. The number of benzene rings is 1. The van der Waals surface area contributed by atoms with Gasteiger partial charge in [-0.25, -0.2) is 9.48 Å². The van der Waals surface area contributed by atoms with E-state index in [0.717, 1.165) is 17.5 Å². The molecule has 0 spiro atoms. The second kappa shape index (κ2) is 5.00. The number of rotatable bonds is 4. The van der Waals surface area contributed by atoms with Crippen LogP contribution in [0.25, 0.3) is 11.3 Å². The Balaban J connectivity index is 2.63. The van der Waals surface area contributed by atoms with Crippen LogP contribution in [0.5, 0.6) is 0 Å². The first kappa shape index (κ1) is 12.3. The fraction of sp³-hybridized carbons (Fsp3) is 0.308. The van der Waals surface area contributed by atoms with E-state index in [9.17, 15) is 9.90 Å². The summed E-state index contributed by atoms with van der Waals surface area (Å²) in [5.41, 5.74) is 2.48. The van der Waals surface area contributed by atoms with Gasteiger partial charge in [0.1, 0.15) is 5.69 Å². The number of nitrogens with zero attached hydrogens (tertiary/aromatic N) is 3. The van der Waals surface area contributed by atoms with Crippen LogP contribution in [0.4, 0.5) is 0 Å². The van der Waals surface area contributed by atoms with Crippen molar-refractivity contribution in [2.75, 3.05) is 0 Å². The molecule has 0 amide bonds. The molecule has 5 heteroatoms. The largest absolute Gasteiger partial charge is 0.476 e. The Hall–Kier alpha value is -2.17. The number of aromatic nitrogens is 3. The molecular formula is C13H15N3O2. The average molecular weight is 245 g/mol. The van der Waals surface area contributed by atoms with Crippen molar-refractivity contribution in [1.82, 2.24) is 15.0 Å². The summed E-state index contributed by atoms with van der Waals surface area (Å²) < 4.78 is 1.66. The first-order valence-electron chi connectivity index (χ1n) is 5.88. The number of hydrogen-bond donors (Lipinski definition) is 1. The maximum atomic E-state index is 11.2. The Morgan fingerprint density at radius 3 is 2.72 bits per heavy atom. The lowest BCUT2D eigenvalue weighted by Gasteiger charge is -2.08. The Morgan fingerprint density at radius 2 is 2.11 bits per heavy atom. The Labute approximate surface area is 105 Å². The van der Waals surface area contributed by atoms with Crippen LogP contribution in [-0.4, -0.2) is 26.1 Å². The molecule has 2 aromatic rings. The SMILES string of the molecule is CCCn1nnc(C(=O)O)c1-c1ccccc1C. The molecule has 94 valence electrons. The lowest BCUT2D eigenvalue weighted by molar-refractivity contribution is 0.0691. The molecule has 1 N–H and O–H groups in total. The molecule has 1 heterocycles. The van der Waals surface area contributed by atoms with Crippen LogP contribution >= 0.6 is 0 Å². The Bertz CT molecular complexity index is 575. The molecule has 1 aromatic heterocycles. The normalized spacial score (nSPS) is 10.6. The summed E-state index contributed by atoms with van der Waals surface area (Å²) in [5.74, 6) is -1.05. The predicted octanol–water partition coefficient (Wildman–Crippen LogP) is 2.36. The van der Waals surface area contributed by atoms with Gasteiger partial charge in [-0.1, -0.05) is 36.4 Å². The number of hydrogen-bond acceptors (Lipinski definition) is 3. The van der Waals surface area contributed by atoms with Crippen molar-refractivity contribution in [2.45, 2.75) is 26.8 Å². The zero-order valence-electron chi connectivity index (χ0n) is 10.4. The molecule has 1 aromatic carbocycles. The highest BCUT2D eigenvalue weighted by molar-refractivity contribution is 5.93. The predicted molar refractivity (Wildman–Crippen MR) is 67.4 cm³/mol. The zero-order valence-corrected chi connectivity index (χ0v) is 10.4. The van der Waals surface area contributed by atoms with Crippen LogP contribution < -0.4 is 0 Å². The van der Waals surface area contributed by atoms with E-state index in [1.54, 1.807) is 4.68 Å². The quantitative estimate of drug-likeness (QED) is 0.897. The number of carboxylic acids is 1. The zero-order chi connectivity index (χ0) is 13.1. The van der Waals surface area contributed by atoms with Gasteiger partial charge in [0.25, 0.3) is 0 Å². The number of aryl methyl sites for hydroxylation is 2. The minimum atomic E-state index is -1.05. The van der Waals surface area contributed by atoms with E-state index in [2.05, 4.69) is 10.3 Å². The molecule has 2 rings (SSSR count). The van der Waals surface area contributed by atoms with E-state index in [4.69, 9.17) is 0 Å². The Kier molecular flexibility index (Phi) is 3.41. The maximum Gasteiger partial charge on any atom is 0.358 e. The third-order valence-electron chi connectivity index (χ3n) is 2.77. The summed E-state index contributed by atoms with van der Waals surface area (Å²) in [7, 11) is 0. The van der Waals surface area contributed by atoms with Gasteiger partial charge in [0, 0.05) is 12.1 Å². The standard InChI is InChI=1S/C13H15N3O2/c1-3-8-16-12(11(13(17)18)14-15-16)10-7-5-4-6-9(10)2/h4-7H,3,8H2,1-2H3,(H,17,18). The van der Waals surface area contributed by atoms with Crippen LogP contribution in [0.3, 0.4) is 0 Å². The summed E-state index contributed by atoms with van der Waals surface area (Å²) in [5, 5.41) is 16.9. The van der Waals surface area contributed by atoms with E-state index < -0.39 is 5.97 Å². The topological polar surface area (TPSA) is 68.0 Å². The van der Waals surface area contributed by atoms with E-state index >= 15 is 0 Å². The summed E-state index contributed by atoms with van der Waals surface area (Å²) >= 11 is 0. The summed E-state index contributed by atoms with van der Waals surface area (Å²) in [6.07, 6.45) is 0.876. The van der Waals surface area contributed by atoms with Crippen LogP contribution in [0.1, 0.15) is 29.4 Å². The second-order valence-corrected chi connectivity index (χ2v) is 4.13. The highest BCUT2D eigenvalue weighted by atomic mass is 16.4. The lowest BCUT2D eigenvalue weighted by Crippen LogP contribution is -2.05. The number of aromatic carboxylic acids is 1. The van der Waals surface area contributed by atoms with Crippen LogP contribution in [0.15, 0.2) is 24.3 Å². The highest BCUT2D eigenvalue weighted by Crippen LogP contribution is 2.25. The van der Waals surface area contributed by atoms with Crippen molar-refractivity contribution in [3.05, 3.63) is 35.5 Å². The second-order valence-electron chi connectivity index (χ2n) is 4.13. The molecule has 0 aliphatic rings. The highest BCUT2D eigenvalue weighted by Gasteiger charge is 2.21. The average Bonchev–Trinajstić information content (AvgIpc) is 2.74. The van der Waals surface area contributed by atoms with E-state index in [0.29, 0.717) is 12.2 Å². The van der Waals surface area contributed by atoms with Gasteiger partial charge in [-0.15, -0.1) is 5.10 Å². The van der Waals surface area contributed by atoms with Crippen molar-refractivity contribution >= 4 is 5.97 Å². The molecule has 0 radical (unpaired) electrons. The van der Waals surface area contributed by atoms with Crippen molar-refractivity contribution in [3.8, 4) is 11.3 Å². The van der Waals surface area contributed by atoms with Gasteiger partial charge in [-0.3, -0.25) is 0 Å². The number of carboxylic acid groups (broad SMARTS) is 1. The maximum absolute atomic E-state index is 11.2. The molecule has 0 atom stereocenters. The van der Waals surface area contributed by atoms with Gasteiger partial charge in [0.2, 0.25) is 0 Å². The van der Waals surface area contributed by atoms with Gasteiger partial charge >= 0.3 is 5.97 Å². The van der Waals surface area contributed by atoms with E-state index in [-0.39, 0.29) is 5.69 Å². The van der Waals surface area contributed by atoms with Gasteiger partial charge < -0.3 is 5.11 Å². The molecule has 0 fully saturated rings. The molecule has 18 heavy (non-hydrogen) atoms. The minimum Gasteiger partial charge on any atom is -0.476 e. The van der Waals surface area contributed by atoms with Gasteiger partial charge in [0.15, 0.2) is 5.69 Å². The fourth-order valence-corrected chi connectivity index (χ4v) is 1.93. The van der Waals surface area contributed by atoms with Crippen molar-refractivity contribution in [1.29, 1.82) is 0 Å². The number of carbonyl (C=O) groups is 1.